The highest BCUT2D eigenvalue weighted by Gasteiger charge is 2.21. The molecule has 0 saturated heterocycles. The summed E-state index contributed by atoms with van der Waals surface area (Å²) in [6, 6.07) is 12.4. The van der Waals surface area contributed by atoms with Gasteiger partial charge < -0.3 is 19.7 Å². The minimum atomic E-state index is -0.549. The molecule has 1 heterocycles. The van der Waals surface area contributed by atoms with Crippen LogP contribution in [0.1, 0.15) is 12.0 Å². The quantitative estimate of drug-likeness (QED) is 0.467. The Morgan fingerprint density at radius 1 is 1.32 bits per heavy atom. The zero-order chi connectivity index (χ0) is 20.1. The van der Waals surface area contributed by atoms with Gasteiger partial charge in [0.25, 0.3) is 5.03 Å². The van der Waals surface area contributed by atoms with Crippen molar-refractivity contribution in [1.29, 1.82) is 0 Å². The molecule has 1 N–H and O–H groups in total. The average Bonchev–Trinajstić information content (AvgIpc) is 3.05. The number of halogens is 1. The number of hydrogen-bond donors (Lipinski definition) is 1. The van der Waals surface area contributed by atoms with E-state index in [4.69, 9.17) is 20.9 Å². The van der Waals surface area contributed by atoms with Crippen LogP contribution in [0.2, 0.25) is 5.02 Å². The van der Waals surface area contributed by atoms with Gasteiger partial charge in [-0.25, -0.2) is 0 Å². The van der Waals surface area contributed by atoms with Gasteiger partial charge in [-0.3, -0.25) is 4.79 Å². The molecule has 0 atom stereocenters. The van der Waals surface area contributed by atoms with E-state index in [0.717, 1.165) is 5.56 Å². The van der Waals surface area contributed by atoms with Crippen molar-refractivity contribution in [1.82, 2.24) is 5.27 Å². The third-order valence-electron chi connectivity index (χ3n) is 3.91. The number of nitrogens with zero attached hydrogens (tertiary/aromatic N) is 2. The van der Waals surface area contributed by atoms with E-state index < -0.39 is 5.95 Å². The predicted molar refractivity (Wildman–Crippen MR) is 104 cm³/mol. The lowest BCUT2D eigenvalue weighted by atomic mass is 10.2. The van der Waals surface area contributed by atoms with Gasteiger partial charge in [0.15, 0.2) is 5.95 Å². The van der Waals surface area contributed by atoms with Crippen LogP contribution in [-0.2, 0) is 4.79 Å². The fourth-order valence-electron chi connectivity index (χ4n) is 2.38. The van der Waals surface area contributed by atoms with Crippen LogP contribution in [0.5, 0.6) is 11.7 Å². The SMILES string of the molecule is COc1ccc(-[n+]2noc([O-])c2SCCC(=O)Nc2ccc(C)c(Cl)c2)cc1. The molecule has 0 aliphatic rings. The third kappa shape index (κ3) is 4.76. The minimum Gasteiger partial charge on any atom is -0.538 e. The van der Waals surface area contributed by atoms with Crippen LogP contribution in [0.4, 0.5) is 5.69 Å². The van der Waals surface area contributed by atoms with E-state index in [0.29, 0.717) is 32.9 Å². The molecule has 0 radical (unpaired) electrons. The lowest BCUT2D eigenvalue weighted by Gasteiger charge is -2.06. The molecule has 3 rings (SSSR count). The van der Waals surface area contributed by atoms with Crippen LogP contribution in [0.25, 0.3) is 5.69 Å². The maximum atomic E-state index is 12.1. The predicted octanol–water partition coefficient (Wildman–Crippen LogP) is 3.12. The van der Waals surface area contributed by atoms with E-state index in [1.807, 2.05) is 13.0 Å². The van der Waals surface area contributed by atoms with E-state index in [1.54, 1.807) is 43.5 Å². The van der Waals surface area contributed by atoms with Gasteiger partial charge in [-0.05, 0) is 41.4 Å². The fraction of sp³-hybridized carbons (Fsp3) is 0.211. The number of carbonyl (C=O) groups excluding carboxylic acids is 1. The number of carbonyl (C=O) groups is 1. The van der Waals surface area contributed by atoms with Gasteiger partial charge in [-0.15, -0.1) is 0 Å². The highest BCUT2D eigenvalue weighted by molar-refractivity contribution is 7.99. The Bertz CT molecular complexity index is 976. The summed E-state index contributed by atoms with van der Waals surface area (Å²) in [6.45, 7) is 1.89. The van der Waals surface area contributed by atoms with E-state index in [2.05, 4.69) is 10.6 Å². The summed E-state index contributed by atoms with van der Waals surface area (Å²) in [5.74, 6) is 0.356. The van der Waals surface area contributed by atoms with Gasteiger partial charge in [0.2, 0.25) is 11.6 Å². The molecule has 9 heteroatoms. The molecule has 146 valence electrons. The van der Waals surface area contributed by atoms with Crippen molar-refractivity contribution >= 4 is 35.0 Å². The molecular formula is C19H18ClN3O4S. The Morgan fingerprint density at radius 3 is 2.75 bits per heavy atom. The second kappa shape index (κ2) is 8.99. The molecule has 7 nitrogen and oxygen atoms in total. The molecule has 0 saturated carbocycles. The molecular weight excluding hydrogens is 402 g/mol. The third-order valence-corrected chi connectivity index (χ3v) is 5.34. The fourth-order valence-corrected chi connectivity index (χ4v) is 3.46. The zero-order valence-corrected chi connectivity index (χ0v) is 16.8. The number of benzene rings is 2. The largest absolute Gasteiger partial charge is 0.538 e. The van der Waals surface area contributed by atoms with Gasteiger partial charge in [-0.2, -0.15) is 0 Å². The van der Waals surface area contributed by atoms with Crippen LogP contribution in [0.3, 0.4) is 0 Å². The Hall–Kier alpha value is -2.71. The summed E-state index contributed by atoms with van der Waals surface area (Å²) in [4.78, 5) is 12.1. The number of nitrogens with one attached hydrogen (secondary N) is 1. The summed E-state index contributed by atoms with van der Waals surface area (Å²) in [5.41, 5.74) is 2.23. The maximum absolute atomic E-state index is 12.1. The van der Waals surface area contributed by atoms with Crippen molar-refractivity contribution < 1.29 is 23.8 Å². The zero-order valence-electron chi connectivity index (χ0n) is 15.3. The van der Waals surface area contributed by atoms with E-state index in [-0.39, 0.29) is 12.3 Å². The Labute approximate surface area is 171 Å². The number of aromatic nitrogens is 2. The van der Waals surface area contributed by atoms with Crippen molar-refractivity contribution in [2.24, 2.45) is 0 Å². The van der Waals surface area contributed by atoms with Crippen LogP contribution >= 0.6 is 23.4 Å². The number of rotatable bonds is 7. The first-order valence-corrected chi connectivity index (χ1v) is 9.76. The van der Waals surface area contributed by atoms with Gasteiger partial charge >= 0.3 is 0 Å². The van der Waals surface area contributed by atoms with Crippen LogP contribution < -0.4 is 19.8 Å². The number of amides is 1. The Kier molecular flexibility index (Phi) is 6.43. The van der Waals surface area contributed by atoms with E-state index in [9.17, 15) is 9.90 Å². The van der Waals surface area contributed by atoms with Crippen molar-refractivity contribution in [3.8, 4) is 17.4 Å². The molecule has 0 fully saturated rings. The normalized spacial score (nSPS) is 10.7. The van der Waals surface area contributed by atoms with Crippen LogP contribution in [0.15, 0.2) is 52.0 Å². The molecule has 1 amide bonds. The summed E-state index contributed by atoms with van der Waals surface area (Å²) >= 11 is 7.27. The molecule has 1 aromatic heterocycles. The molecule has 0 bridgehead atoms. The smallest absolute Gasteiger partial charge is 0.297 e. The van der Waals surface area contributed by atoms with Gasteiger partial charge in [0, 0.05) is 35.0 Å². The number of ether oxygens (including phenoxy) is 1. The first-order chi connectivity index (χ1) is 13.5. The summed E-state index contributed by atoms with van der Waals surface area (Å²) in [7, 11) is 1.57. The van der Waals surface area contributed by atoms with E-state index >= 15 is 0 Å². The lowest BCUT2D eigenvalue weighted by molar-refractivity contribution is -0.705. The first kappa shape index (κ1) is 20.0. The number of thioether (sulfide) groups is 1. The summed E-state index contributed by atoms with van der Waals surface area (Å²) in [6.07, 6.45) is 0.212. The highest BCUT2D eigenvalue weighted by Crippen LogP contribution is 2.25. The second-order valence-electron chi connectivity index (χ2n) is 5.89. The van der Waals surface area contributed by atoms with Crippen molar-refractivity contribution in [3.05, 3.63) is 53.1 Å². The topological polar surface area (TPSA) is 91.3 Å². The van der Waals surface area contributed by atoms with E-state index in [1.165, 1.54) is 16.4 Å². The Morgan fingerprint density at radius 2 is 2.07 bits per heavy atom. The molecule has 0 aliphatic carbocycles. The summed E-state index contributed by atoms with van der Waals surface area (Å²) in [5, 5.41) is 19.4. The summed E-state index contributed by atoms with van der Waals surface area (Å²) < 4.78 is 11.3. The molecule has 2 aromatic carbocycles. The monoisotopic (exact) mass is 419 g/mol. The number of anilines is 1. The molecule has 3 aromatic rings. The van der Waals surface area contributed by atoms with Gasteiger partial charge in [-0.1, -0.05) is 29.4 Å². The first-order valence-electron chi connectivity index (χ1n) is 8.40. The lowest BCUT2D eigenvalue weighted by Crippen LogP contribution is -2.34. The Balaban J connectivity index is 1.60. The average molecular weight is 420 g/mol. The number of methoxy groups -OCH3 is 1. The van der Waals surface area contributed by atoms with Crippen molar-refractivity contribution in [2.75, 3.05) is 18.2 Å². The minimum absolute atomic E-state index is 0.174. The molecule has 0 unspecified atom stereocenters. The molecule has 0 aliphatic heterocycles. The standard InChI is InChI=1S/C19H18ClN3O4S/c1-12-3-4-13(11-16(12)20)21-17(24)9-10-28-18-19(25)27-22-23(18)14-5-7-15(26-2)8-6-14/h3-8,11H,9-10H2,1-2H3,(H-,21,22,24,25). The van der Waals surface area contributed by atoms with Crippen molar-refractivity contribution in [3.63, 3.8) is 0 Å². The highest BCUT2D eigenvalue weighted by atomic mass is 35.5. The molecule has 28 heavy (non-hydrogen) atoms. The number of aryl methyl sites for hydroxylation is 1. The maximum Gasteiger partial charge on any atom is 0.297 e. The van der Waals surface area contributed by atoms with Crippen molar-refractivity contribution in [2.45, 2.75) is 18.4 Å². The number of hydrogen-bond acceptors (Lipinski definition) is 6. The van der Waals surface area contributed by atoms with Crippen LogP contribution in [-0.4, -0.2) is 24.0 Å². The van der Waals surface area contributed by atoms with Crippen LogP contribution in [0, 0.1) is 6.92 Å². The molecule has 0 spiro atoms. The second-order valence-corrected chi connectivity index (χ2v) is 7.38. The van der Waals surface area contributed by atoms with Gasteiger partial charge in [0.05, 0.1) is 12.4 Å². The van der Waals surface area contributed by atoms with Gasteiger partial charge in [0.1, 0.15) is 5.75 Å².